The molecule has 2 aliphatic rings. The second-order valence-corrected chi connectivity index (χ2v) is 6.86. The third-order valence-electron chi connectivity index (χ3n) is 5.00. The lowest BCUT2D eigenvalue weighted by Crippen LogP contribution is -2.52. The summed E-state index contributed by atoms with van der Waals surface area (Å²) in [5.74, 6) is 0.562. The minimum absolute atomic E-state index is 0.101. The molecule has 18 heavy (non-hydrogen) atoms. The fraction of sp³-hybridized carbons (Fsp3) is 0.867. The van der Waals surface area contributed by atoms with Crippen molar-refractivity contribution in [2.75, 3.05) is 6.61 Å². The third kappa shape index (κ3) is 2.49. The van der Waals surface area contributed by atoms with Gasteiger partial charge in [-0.25, -0.2) is 0 Å². The molecule has 2 aliphatic carbocycles. The first-order valence-electron chi connectivity index (χ1n) is 7.01. The van der Waals surface area contributed by atoms with Crippen LogP contribution in [0.4, 0.5) is 0 Å². The maximum absolute atomic E-state index is 10.5. The average Bonchev–Trinajstić information content (AvgIpc) is 2.26. The van der Waals surface area contributed by atoms with Gasteiger partial charge < -0.3 is 15.3 Å². The Kier molecular flexibility index (Phi) is 3.60. The summed E-state index contributed by atoms with van der Waals surface area (Å²) in [5, 5.41) is 30.2. The van der Waals surface area contributed by atoms with E-state index in [-0.39, 0.29) is 24.4 Å². The molecule has 104 valence electrons. The highest BCUT2D eigenvalue weighted by molar-refractivity contribution is 5.16. The Balaban J connectivity index is 2.32. The molecule has 3 heteroatoms. The molecule has 0 aliphatic heterocycles. The number of allylic oxidation sites excluding steroid dienone is 1. The summed E-state index contributed by atoms with van der Waals surface area (Å²) >= 11 is 0. The van der Waals surface area contributed by atoms with Gasteiger partial charge in [0.2, 0.25) is 0 Å². The van der Waals surface area contributed by atoms with Crippen molar-refractivity contribution in [2.45, 2.75) is 57.7 Å². The lowest BCUT2D eigenvalue weighted by molar-refractivity contribution is -0.116. The van der Waals surface area contributed by atoms with Crippen molar-refractivity contribution in [1.29, 1.82) is 0 Å². The number of hydrogen-bond acceptors (Lipinski definition) is 3. The van der Waals surface area contributed by atoms with Gasteiger partial charge in [-0.3, -0.25) is 0 Å². The number of aliphatic hydroxyl groups excluding tert-OH is 1. The summed E-state index contributed by atoms with van der Waals surface area (Å²) in [5.41, 5.74) is -0.305. The molecule has 3 N–H and O–H groups in total. The van der Waals surface area contributed by atoms with Gasteiger partial charge in [-0.15, -0.1) is 0 Å². The summed E-state index contributed by atoms with van der Waals surface area (Å²) in [6.07, 6.45) is 5.49. The molecule has 0 bridgehead atoms. The first kappa shape index (κ1) is 14.0. The lowest BCUT2D eigenvalue weighted by atomic mass is 9.57. The highest BCUT2D eigenvalue weighted by Gasteiger charge is 2.49. The van der Waals surface area contributed by atoms with Crippen LogP contribution in [0.3, 0.4) is 0 Å². The number of hydrogen-bond donors (Lipinski definition) is 3. The normalized spacial score (nSPS) is 41.2. The summed E-state index contributed by atoms with van der Waals surface area (Å²) < 4.78 is 0. The molecule has 0 aromatic carbocycles. The van der Waals surface area contributed by atoms with Gasteiger partial charge >= 0.3 is 0 Å². The van der Waals surface area contributed by atoms with E-state index in [2.05, 4.69) is 6.08 Å². The van der Waals surface area contributed by atoms with Gasteiger partial charge in [0.25, 0.3) is 0 Å². The molecule has 0 aromatic rings. The van der Waals surface area contributed by atoms with E-state index >= 15 is 0 Å². The number of fused-ring (bicyclic) bond motifs is 1. The standard InChI is InChI=1S/C15H26O3/c1-14(2,17)12-6-7-15(3,18)13-5-4-10(9-16)8-11(12)13/h8,11-13,16-18H,4-7,9H2,1-3H3. The summed E-state index contributed by atoms with van der Waals surface area (Å²) in [7, 11) is 0. The van der Waals surface area contributed by atoms with Gasteiger partial charge in [-0.1, -0.05) is 6.08 Å². The molecule has 0 heterocycles. The largest absolute Gasteiger partial charge is 0.392 e. The van der Waals surface area contributed by atoms with E-state index in [1.807, 2.05) is 20.8 Å². The number of rotatable bonds is 2. The van der Waals surface area contributed by atoms with Crippen molar-refractivity contribution >= 4 is 0 Å². The van der Waals surface area contributed by atoms with Gasteiger partial charge in [0.05, 0.1) is 17.8 Å². The SMILES string of the molecule is CC(C)(O)C1CCC(C)(O)C2CCC(CO)=CC12. The molecule has 0 radical (unpaired) electrons. The zero-order valence-corrected chi connectivity index (χ0v) is 11.7. The molecule has 1 saturated carbocycles. The van der Waals surface area contributed by atoms with Crippen LogP contribution in [-0.4, -0.2) is 33.1 Å². The molecule has 0 amide bonds. The van der Waals surface area contributed by atoms with Crippen LogP contribution in [0.1, 0.15) is 46.5 Å². The van der Waals surface area contributed by atoms with Crippen LogP contribution in [0.25, 0.3) is 0 Å². The summed E-state index contributed by atoms with van der Waals surface area (Å²) in [4.78, 5) is 0. The van der Waals surface area contributed by atoms with E-state index in [0.29, 0.717) is 0 Å². The first-order chi connectivity index (χ1) is 8.25. The Morgan fingerprint density at radius 1 is 1.39 bits per heavy atom. The quantitative estimate of drug-likeness (QED) is 0.659. The van der Waals surface area contributed by atoms with Crippen molar-refractivity contribution in [3.63, 3.8) is 0 Å². The van der Waals surface area contributed by atoms with E-state index in [9.17, 15) is 15.3 Å². The van der Waals surface area contributed by atoms with Crippen molar-refractivity contribution in [3.05, 3.63) is 11.6 Å². The Labute approximate surface area is 110 Å². The zero-order valence-electron chi connectivity index (χ0n) is 11.7. The predicted octanol–water partition coefficient (Wildman–Crippen LogP) is 1.86. The molecule has 0 spiro atoms. The predicted molar refractivity (Wildman–Crippen MR) is 71.0 cm³/mol. The van der Waals surface area contributed by atoms with Crippen molar-refractivity contribution < 1.29 is 15.3 Å². The molecule has 0 saturated heterocycles. The Bertz CT molecular complexity index is 338. The molecular formula is C15H26O3. The fourth-order valence-corrected chi connectivity index (χ4v) is 3.91. The van der Waals surface area contributed by atoms with E-state index in [1.54, 1.807) is 0 Å². The van der Waals surface area contributed by atoms with Crippen LogP contribution in [0.5, 0.6) is 0 Å². The second kappa shape index (κ2) is 4.62. The van der Waals surface area contributed by atoms with Gasteiger partial charge in [0, 0.05) is 0 Å². The highest BCUT2D eigenvalue weighted by atomic mass is 16.3. The monoisotopic (exact) mass is 254 g/mol. The van der Waals surface area contributed by atoms with Crippen molar-refractivity contribution in [3.8, 4) is 0 Å². The zero-order chi connectivity index (χ0) is 13.6. The van der Waals surface area contributed by atoms with Crippen molar-refractivity contribution in [1.82, 2.24) is 0 Å². The smallest absolute Gasteiger partial charge is 0.0653 e. The third-order valence-corrected chi connectivity index (χ3v) is 5.00. The molecular weight excluding hydrogens is 228 g/mol. The topological polar surface area (TPSA) is 60.7 Å². The van der Waals surface area contributed by atoms with E-state index in [1.165, 1.54) is 0 Å². The van der Waals surface area contributed by atoms with Crippen LogP contribution in [0.15, 0.2) is 11.6 Å². The number of aliphatic hydroxyl groups is 3. The average molecular weight is 254 g/mol. The van der Waals surface area contributed by atoms with E-state index in [0.717, 1.165) is 31.3 Å². The van der Waals surface area contributed by atoms with Gasteiger partial charge in [0.1, 0.15) is 0 Å². The molecule has 0 aromatic heterocycles. The molecule has 4 unspecified atom stereocenters. The highest BCUT2D eigenvalue weighted by Crippen LogP contribution is 2.50. The van der Waals surface area contributed by atoms with Crippen LogP contribution in [0, 0.1) is 17.8 Å². The maximum Gasteiger partial charge on any atom is 0.0653 e. The van der Waals surface area contributed by atoms with Crippen LogP contribution < -0.4 is 0 Å². The fourth-order valence-electron chi connectivity index (χ4n) is 3.91. The molecule has 4 atom stereocenters. The van der Waals surface area contributed by atoms with E-state index in [4.69, 9.17) is 0 Å². The van der Waals surface area contributed by atoms with Crippen LogP contribution >= 0.6 is 0 Å². The van der Waals surface area contributed by atoms with Gasteiger partial charge in [-0.2, -0.15) is 0 Å². The maximum atomic E-state index is 10.5. The van der Waals surface area contributed by atoms with E-state index < -0.39 is 11.2 Å². The Hall–Kier alpha value is -0.380. The summed E-state index contributed by atoms with van der Waals surface area (Å²) in [6, 6.07) is 0. The minimum Gasteiger partial charge on any atom is -0.392 e. The molecule has 3 nitrogen and oxygen atoms in total. The molecule has 2 rings (SSSR count). The Morgan fingerprint density at radius 3 is 2.61 bits per heavy atom. The first-order valence-corrected chi connectivity index (χ1v) is 7.01. The minimum atomic E-state index is -0.728. The van der Waals surface area contributed by atoms with Crippen LogP contribution in [-0.2, 0) is 0 Å². The summed E-state index contributed by atoms with van der Waals surface area (Å²) in [6.45, 7) is 5.73. The van der Waals surface area contributed by atoms with Crippen molar-refractivity contribution in [2.24, 2.45) is 17.8 Å². The van der Waals surface area contributed by atoms with Gasteiger partial charge in [0.15, 0.2) is 0 Å². The molecule has 1 fully saturated rings. The second-order valence-electron chi connectivity index (χ2n) is 6.86. The Morgan fingerprint density at radius 2 is 2.06 bits per heavy atom. The van der Waals surface area contributed by atoms with Gasteiger partial charge in [-0.05, 0) is 69.8 Å². The van der Waals surface area contributed by atoms with Crippen LogP contribution in [0.2, 0.25) is 0 Å². The lowest BCUT2D eigenvalue weighted by Gasteiger charge is -2.51.